The lowest BCUT2D eigenvalue weighted by atomic mass is 10.0. The van der Waals surface area contributed by atoms with Crippen LogP contribution in [0.3, 0.4) is 0 Å². The quantitative estimate of drug-likeness (QED) is 0.866. The van der Waals surface area contributed by atoms with Crippen LogP contribution in [0.15, 0.2) is 24.3 Å². The van der Waals surface area contributed by atoms with Crippen molar-refractivity contribution in [3.8, 4) is 6.07 Å². The molecule has 0 aromatic heterocycles. The van der Waals surface area contributed by atoms with Gasteiger partial charge in [0.05, 0.1) is 18.2 Å². The minimum Gasteiger partial charge on any atom is -0.480 e. The smallest absolute Gasteiger partial charge is 0.317 e. The van der Waals surface area contributed by atoms with E-state index in [0.717, 1.165) is 5.56 Å². The molecule has 0 heterocycles. The molecule has 96 valence electrons. The minimum atomic E-state index is -0.829. The second-order valence-corrected chi connectivity index (χ2v) is 4.57. The summed E-state index contributed by atoms with van der Waals surface area (Å²) in [5, 5.41) is 17.7. The van der Waals surface area contributed by atoms with Crippen LogP contribution < -0.4 is 0 Å². The number of rotatable bonds is 5. The second-order valence-electron chi connectivity index (χ2n) is 4.57. The number of aliphatic carboxylic acids is 1. The van der Waals surface area contributed by atoms with Gasteiger partial charge in [-0.15, -0.1) is 0 Å². The number of benzene rings is 1. The number of carboxylic acid groups (broad SMARTS) is 1. The van der Waals surface area contributed by atoms with E-state index in [-0.39, 0.29) is 18.6 Å². The van der Waals surface area contributed by atoms with Gasteiger partial charge >= 0.3 is 5.97 Å². The summed E-state index contributed by atoms with van der Waals surface area (Å²) in [6, 6.07) is 9.48. The second kappa shape index (κ2) is 6.18. The molecule has 0 amide bonds. The Balaban J connectivity index is 2.91. The molecule has 0 aliphatic heterocycles. The van der Waals surface area contributed by atoms with Gasteiger partial charge in [-0.2, -0.15) is 5.26 Å². The Hall–Kier alpha value is -1.86. The molecule has 0 aliphatic carbocycles. The van der Waals surface area contributed by atoms with Crippen molar-refractivity contribution in [3.05, 3.63) is 35.4 Å². The summed E-state index contributed by atoms with van der Waals surface area (Å²) in [4.78, 5) is 12.8. The van der Waals surface area contributed by atoms with Crippen molar-refractivity contribution in [1.29, 1.82) is 5.26 Å². The fraction of sp³-hybridized carbons (Fsp3) is 0.429. The molecule has 1 unspecified atom stereocenters. The van der Waals surface area contributed by atoms with Crippen molar-refractivity contribution in [1.82, 2.24) is 4.90 Å². The summed E-state index contributed by atoms with van der Waals surface area (Å²) in [5.41, 5.74) is 1.63. The molecule has 1 atom stereocenters. The third-order valence-electron chi connectivity index (χ3n) is 3.00. The fourth-order valence-electron chi connectivity index (χ4n) is 1.95. The average Bonchev–Trinajstić information content (AvgIpc) is 2.34. The van der Waals surface area contributed by atoms with E-state index >= 15 is 0 Å². The molecule has 1 rings (SSSR count). The highest BCUT2D eigenvalue weighted by atomic mass is 16.4. The first kappa shape index (κ1) is 14.2. The summed E-state index contributed by atoms with van der Waals surface area (Å²) in [6.45, 7) is 5.94. The van der Waals surface area contributed by atoms with E-state index in [2.05, 4.69) is 6.07 Å². The van der Waals surface area contributed by atoms with Gasteiger partial charge in [0.1, 0.15) is 0 Å². The molecule has 0 spiro atoms. The lowest BCUT2D eigenvalue weighted by Gasteiger charge is -2.31. The topological polar surface area (TPSA) is 64.3 Å². The summed E-state index contributed by atoms with van der Waals surface area (Å²) in [6.07, 6.45) is 0. The van der Waals surface area contributed by atoms with Crippen molar-refractivity contribution in [2.75, 3.05) is 6.54 Å². The van der Waals surface area contributed by atoms with E-state index in [9.17, 15) is 4.79 Å². The number of carbonyl (C=O) groups is 1. The molecule has 0 saturated carbocycles. The average molecular weight is 246 g/mol. The van der Waals surface area contributed by atoms with E-state index < -0.39 is 5.97 Å². The third kappa shape index (κ3) is 3.57. The van der Waals surface area contributed by atoms with Crippen molar-refractivity contribution in [3.63, 3.8) is 0 Å². The first-order valence-electron chi connectivity index (χ1n) is 5.93. The molecule has 1 aromatic rings. The van der Waals surface area contributed by atoms with Crippen molar-refractivity contribution in [2.24, 2.45) is 0 Å². The Morgan fingerprint density at radius 1 is 1.33 bits per heavy atom. The highest BCUT2D eigenvalue weighted by Crippen LogP contribution is 2.22. The molecular formula is C14H18N2O2. The number of hydrogen-bond donors (Lipinski definition) is 1. The zero-order chi connectivity index (χ0) is 13.7. The van der Waals surface area contributed by atoms with Gasteiger partial charge in [0.2, 0.25) is 0 Å². The van der Waals surface area contributed by atoms with Crippen molar-refractivity contribution >= 4 is 5.97 Å². The largest absolute Gasteiger partial charge is 0.480 e. The van der Waals surface area contributed by atoms with Crippen molar-refractivity contribution in [2.45, 2.75) is 32.9 Å². The van der Waals surface area contributed by atoms with Crippen LogP contribution in [0.1, 0.15) is 37.9 Å². The zero-order valence-electron chi connectivity index (χ0n) is 10.9. The SMILES string of the molecule is CC(C)N(CC(=O)O)C(C)c1ccc(C#N)cc1. The van der Waals surface area contributed by atoms with Gasteiger partial charge in [-0.05, 0) is 38.5 Å². The Kier molecular flexibility index (Phi) is 4.87. The highest BCUT2D eigenvalue weighted by molar-refractivity contribution is 5.69. The maximum Gasteiger partial charge on any atom is 0.317 e. The van der Waals surface area contributed by atoms with Crippen LogP contribution in [0.25, 0.3) is 0 Å². The van der Waals surface area contributed by atoms with Crippen LogP contribution in [0.4, 0.5) is 0 Å². The van der Waals surface area contributed by atoms with Crippen LogP contribution in [0, 0.1) is 11.3 Å². The monoisotopic (exact) mass is 246 g/mol. The molecule has 4 nitrogen and oxygen atoms in total. The molecule has 0 fully saturated rings. The number of hydrogen-bond acceptors (Lipinski definition) is 3. The maximum absolute atomic E-state index is 10.9. The number of nitrogens with zero attached hydrogens (tertiary/aromatic N) is 2. The molecule has 18 heavy (non-hydrogen) atoms. The van der Waals surface area contributed by atoms with E-state index in [0.29, 0.717) is 5.56 Å². The Labute approximate surface area is 107 Å². The van der Waals surface area contributed by atoms with Gasteiger partial charge in [-0.25, -0.2) is 0 Å². The fourth-order valence-corrected chi connectivity index (χ4v) is 1.95. The normalized spacial score (nSPS) is 12.4. The van der Waals surface area contributed by atoms with Crippen LogP contribution in [-0.4, -0.2) is 28.6 Å². The summed E-state index contributed by atoms with van der Waals surface area (Å²) in [5.74, 6) is -0.829. The molecule has 0 aliphatic rings. The van der Waals surface area contributed by atoms with Gasteiger partial charge in [0.25, 0.3) is 0 Å². The van der Waals surface area contributed by atoms with Crippen molar-refractivity contribution < 1.29 is 9.90 Å². The molecule has 0 saturated heterocycles. The Bertz CT molecular complexity index is 446. The van der Waals surface area contributed by atoms with E-state index in [1.807, 2.05) is 37.8 Å². The van der Waals surface area contributed by atoms with Crippen LogP contribution in [0.2, 0.25) is 0 Å². The van der Waals surface area contributed by atoms with E-state index in [1.165, 1.54) is 0 Å². The van der Waals surface area contributed by atoms with Crippen LogP contribution in [-0.2, 0) is 4.79 Å². The van der Waals surface area contributed by atoms with Gasteiger partial charge in [0, 0.05) is 12.1 Å². The molecule has 0 radical (unpaired) electrons. The van der Waals surface area contributed by atoms with Gasteiger partial charge in [0.15, 0.2) is 0 Å². The first-order valence-corrected chi connectivity index (χ1v) is 5.93. The predicted molar refractivity (Wildman–Crippen MR) is 69.0 cm³/mol. The van der Waals surface area contributed by atoms with E-state index in [1.54, 1.807) is 12.1 Å². The Morgan fingerprint density at radius 3 is 2.28 bits per heavy atom. The maximum atomic E-state index is 10.9. The molecule has 0 bridgehead atoms. The molecular weight excluding hydrogens is 228 g/mol. The van der Waals surface area contributed by atoms with Crippen LogP contribution in [0.5, 0.6) is 0 Å². The highest BCUT2D eigenvalue weighted by Gasteiger charge is 2.21. The number of carboxylic acids is 1. The van der Waals surface area contributed by atoms with Crippen LogP contribution >= 0.6 is 0 Å². The molecule has 1 N–H and O–H groups in total. The first-order chi connectivity index (χ1) is 8.45. The molecule has 1 aromatic carbocycles. The lowest BCUT2D eigenvalue weighted by Crippen LogP contribution is -2.37. The third-order valence-corrected chi connectivity index (χ3v) is 3.00. The summed E-state index contributed by atoms with van der Waals surface area (Å²) >= 11 is 0. The zero-order valence-corrected chi connectivity index (χ0v) is 10.9. The predicted octanol–water partition coefficient (Wildman–Crippen LogP) is 2.41. The summed E-state index contributed by atoms with van der Waals surface area (Å²) < 4.78 is 0. The van der Waals surface area contributed by atoms with Gasteiger partial charge in [-0.3, -0.25) is 9.69 Å². The Morgan fingerprint density at radius 2 is 1.89 bits per heavy atom. The van der Waals surface area contributed by atoms with Gasteiger partial charge in [-0.1, -0.05) is 12.1 Å². The lowest BCUT2D eigenvalue weighted by molar-refractivity contribution is -0.139. The summed E-state index contributed by atoms with van der Waals surface area (Å²) in [7, 11) is 0. The standard InChI is InChI=1S/C14H18N2O2/c1-10(2)16(9-14(17)18)11(3)13-6-4-12(8-15)5-7-13/h4-7,10-11H,9H2,1-3H3,(H,17,18). The van der Waals surface area contributed by atoms with E-state index in [4.69, 9.17) is 10.4 Å². The molecule has 4 heteroatoms. The number of nitriles is 1. The van der Waals surface area contributed by atoms with Gasteiger partial charge < -0.3 is 5.11 Å². The minimum absolute atomic E-state index is 0.00819.